The van der Waals surface area contributed by atoms with Crippen LogP contribution in [0.3, 0.4) is 0 Å². The minimum Gasteiger partial charge on any atom is -0.393 e. The third-order valence-corrected chi connectivity index (χ3v) is 6.57. The Morgan fingerprint density at radius 2 is 1.73 bits per heavy atom. The lowest BCUT2D eigenvalue weighted by molar-refractivity contribution is -0.125. The number of carbonyl (C=O) groups is 2. The lowest BCUT2D eigenvalue weighted by Gasteiger charge is -2.35. The number of anilines is 1. The normalized spacial score (nSPS) is 14.3. The van der Waals surface area contributed by atoms with E-state index >= 15 is 0 Å². The van der Waals surface area contributed by atoms with Crippen molar-refractivity contribution >= 4 is 29.1 Å². The van der Waals surface area contributed by atoms with Crippen molar-refractivity contribution in [1.82, 2.24) is 5.32 Å². The van der Waals surface area contributed by atoms with E-state index in [1.54, 1.807) is 13.0 Å². The summed E-state index contributed by atoms with van der Waals surface area (Å²) in [6.07, 6.45) is 1.42. The van der Waals surface area contributed by atoms with Gasteiger partial charge >= 0.3 is 0 Å². The Morgan fingerprint density at radius 1 is 1.09 bits per heavy atom. The summed E-state index contributed by atoms with van der Waals surface area (Å²) in [4.78, 5) is 25.2. The number of carbonyl (C=O) groups excluding carboxylic acids is 2. The highest BCUT2D eigenvalue weighted by molar-refractivity contribution is 6.34. The highest BCUT2D eigenvalue weighted by Crippen LogP contribution is 2.35. The van der Waals surface area contributed by atoms with Crippen molar-refractivity contribution in [2.75, 3.05) is 5.32 Å². The van der Waals surface area contributed by atoms with Gasteiger partial charge in [-0.25, -0.2) is 0 Å². The molecule has 3 atom stereocenters. The number of rotatable bonds is 10. The highest BCUT2D eigenvalue weighted by atomic mass is 35.5. The highest BCUT2D eigenvalue weighted by Gasteiger charge is 2.33. The summed E-state index contributed by atoms with van der Waals surface area (Å²) in [5, 5.41) is 16.4. The number of amides is 2. The van der Waals surface area contributed by atoms with Gasteiger partial charge in [-0.15, -0.1) is 0 Å². The van der Waals surface area contributed by atoms with E-state index in [0.29, 0.717) is 29.1 Å². The van der Waals surface area contributed by atoms with E-state index in [1.165, 1.54) is 0 Å². The minimum absolute atomic E-state index is 0.00871. The number of benzene rings is 2. The van der Waals surface area contributed by atoms with Gasteiger partial charge in [0.25, 0.3) is 5.91 Å². The molecule has 6 heteroatoms. The fourth-order valence-corrected chi connectivity index (χ4v) is 4.97. The summed E-state index contributed by atoms with van der Waals surface area (Å²) in [5.74, 6) is -0.182. The average Bonchev–Trinajstić information content (AvgIpc) is 2.68. The van der Waals surface area contributed by atoms with Gasteiger partial charge in [0, 0.05) is 18.2 Å². The zero-order chi connectivity index (χ0) is 24.8. The summed E-state index contributed by atoms with van der Waals surface area (Å²) < 4.78 is 0. The molecule has 2 aromatic rings. The van der Waals surface area contributed by atoms with Crippen LogP contribution in [0.2, 0.25) is 5.02 Å². The van der Waals surface area contributed by atoms with Gasteiger partial charge in [0.1, 0.15) is 0 Å². The third-order valence-electron chi connectivity index (χ3n) is 6.25. The van der Waals surface area contributed by atoms with Crippen LogP contribution >= 0.6 is 11.6 Å². The average molecular weight is 473 g/mol. The molecule has 0 saturated heterocycles. The van der Waals surface area contributed by atoms with Gasteiger partial charge in [0.15, 0.2) is 0 Å². The van der Waals surface area contributed by atoms with Crippen molar-refractivity contribution in [1.29, 1.82) is 0 Å². The topological polar surface area (TPSA) is 78.4 Å². The molecule has 0 spiro atoms. The van der Waals surface area contributed by atoms with Crippen LogP contribution in [0, 0.1) is 18.3 Å². The maximum absolute atomic E-state index is 12.6. The molecule has 0 heterocycles. The predicted molar refractivity (Wildman–Crippen MR) is 136 cm³/mol. The molecule has 0 saturated carbocycles. The first-order chi connectivity index (χ1) is 15.4. The van der Waals surface area contributed by atoms with Crippen molar-refractivity contribution < 1.29 is 14.7 Å². The van der Waals surface area contributed by atoms with E-state index in [0.717, 1.165) is 17.5 Å². The van der Waals surface area contributed by atoms with E-state index < -0.39 is 6.10 Å². The Hall–Kier alpha value is -2.37. The Bertz CT molecular complexity index is 934. The van der Waals surface area contributed by atoms with E-state index in [2.05, 4.69) is 10.6 Å². The summed E-state index contributed by atoms with van der Waals surface area (Å²) >= 11 is 6.19. The van der Waals surface area contributed by atoms with Crippen LogP contribution in [-0.4, -0.2) is 29.1 Å². The molecule has 0 aliphatic heterocycles. The molecule has 2 aromatic carbocycles. The van der Waals surface area contributed by atoms with Crippen LogP contribution < -0.4 is 10.6 Å². The number of nitrogens with one attached hydrogen (secondary N) is 2. The second-order valence-corrected chi connectivity index (χ2v) is 10.1. The molecular weight excluding hydrogens is 436 g/mol. The van der Waals surface area contributed by atoms with Crippen LogP contribution in [-0.2, 0) is 11.2 Å². The van der Waals surface area contributed by atoms with Crippen LogP contribution in [0.4, 0.5) is 5.69 Å². The van der Waals surface area contributed by atoms with Crippen LogP contribution in [0.15, 0.2) is 42.5 Å². The van der Waals surface area contributed by atoms with Crippen LogP contribution in [0.25, 0.3) is 0 Å². The summed E-state index contributed by atoms with van der Waals surface area (Å²) in [7, 11) is 0. The van der Waals surface area contributed by atoms with Gasteiger partial charge in [-0.05, 0) is 67.9 Å². The molecule has 0 aliphatic carbocycles. The Balaban J connectivity index is 1.92. The molecule has 0 aromatic heterocycles. The Kier molecular flexibility index (Phi) is 9.50. The predicted octanol–water partition coefficient (Wildman–Crippen LogP) is 5.77. The summed E-state index contributed by atoms with van der Waals surface area (Å²) in [5.41, 5.74) is 2.76. The van der Waals surface area contributed by atoms with Crippen molar-refractivity contribution in [2.45, 2.75) is 73.0 Å². The molecule has 2 amide bonds. The molecule has 180 valence electrons. The lowest BCUT2D eigenvalue weighted by Crippen LogP contribution is -2.40. The van der Waals surface area contributed by atoms with E-state index in [4.69, 9.17) is 11.6 Å². The van der Waals surface area contributed by atoms with Gasteiger partial charge in [0.05, 0.1) is 16.7 Å². The standard InChI is InChI=1S/C27H37ClN2O3/c1-7-22(19(4)31)27(5,6)16-24(32)29-18(3)15-20-11-13-21(14-12-20)30-26(33)25-17(2)9-8-10-23(25)28/h8-14,18-19,22,31H,7,15-16H2,1-6H3,(H,29,32)(H,30,33). The minimum atomic E-state index is -0.448. The van der Waals surface area contributed by atoms with Gasteiger partial charge in [-0.1, -0.05) is 63.1 Å². The number of halogens is 1. The molecule has 5 nitrogen and oxygen atoms in total. The van der Waals surface area contributed by atoms with Crippen molar-refractivity contribution in [3.8, 4) is 0 Å². The third kappa shape index (κ3) is 7.58. The molecule has 0 bridgehead atoms. The number of hydrogen-bond acceptors (Lipinski definition) is 3. The van der Waals surface area contributed by atoms with Gasteiger partial charge in [-0.3, -0.25) is 9.59 Å². The second-order valence-electron chi connectivity index (χ2n) is 9.68. The Morgan fingerprint density at radius 3 is 2.27 bits per heavy atom. The maximum Gasteiger partial charge on any atom is 0.257 e. The number of aryl methyl sites for hydroxylation is 1. The fraction of sp³-hybridized carbons (Fsp3) is 0.481. The van der Waals surface area contributed by atoms with Crippen molar-refractivity contribution in [3.05, 3.63) is 64.2 Å². The molecule has 3 unspecified atom stereocenters. The van der Waals surface area contributed by atoms with E-state index in [9.17, 15) is 14.7 Å². The molecule has 0 aliphatic rings. The van der Waals surface area contributed by atoms with E-state index in [1.807, 2.05) is 71.0 Å². The molecule has 33 heavy (non-hydrogen) atoms. The van der Waals surface area contributed by atoms with Gasteiger partial charge in [0.2, 0.25) is 5.91 Å². The van der Waals surface area contributed by atoms with Gasteiger partial charge in [-0.2, -0.15) is 0 Å². The maximum atomic E-state index is 12.6. The molecule has 2 rings (SSSR count). The number of hydrogen-bond donors (Lipinski definition) is 3. The first-order valence-electron chi connectivity index (χ1n) is 11.6. The number of aliphatic hydroxyl groups excluding tert-OH is 1. The van der Waals surface area contributed by atoms with Crippen LogP contribution in [0.1, 0.15) is 68.9 Å². The first kappa shape index (κ1) is 26.9. The molecule has 3 N–H and O–H groups in total. The zero-order valence-electron chi connectivity index (χ0n) is 20.5. The molecule has 0 fully saturated rings. The van der Waals surface area contributed by atoms with E-state index in [-0.39, 0.29) is 29.2 Å². The monoisotopic (exact) mass is 472 g/mol. The first-order valence-corrected chi connectivity index (χ1v) is 11.9. The fourth-order valence-electron chi connectivity index (χ4n) is 4.66. The van der Waals surface area contributed by atoms with Gasteiger partial charge < -0.3 is 15.7 Å². The lowest BCUT2D eigenvalue weighted by atomic mass is 9.72. The Labute approximate surface area is 202 Å². The zero-order valence-corrected chi connectivity index (χ0v) is 21.3. The SMILES string of the molecule is CCC(C(C)O)C(C)(C)CC(=O)NC(C)Cc1ccc(NC(=O)c2c(C)cccc2Cl)cc1. The van der Waals surface area contributed by atoms with Crippen molar-refractivity contribution in [2.24, 2.45) is 11.3 Å². The summed E-state index contributed by atoms with van der Waals surface area (Å²) in [6, 6.07) is 12.9. The molecule has 0 radical (unpaired) electrons. The van der Waals surface area contributed by atoms with Crippen LogP contribution in [0.5, 0.6) is 0 Å². The largest absolute Gasteiger partial charge is 0.393 e. The summed E-state index contributed by atoms with van der Waals surface area (Å²) in [6.45, 7) is 11.7. The number of aliphatic hydroxyl groups is 1. The smallest absolute Gasteiger partial charge is 0.257 e. The quantitative estimate of drug-likeness (QED) is 0.410. The second kappa shape index (κ2) is 11.7. The molecular formula is C27H37ClN2O3. The van der Waals surface area contributed by atoms with Crippen molar-refractivity contribution in [3.63, 3.8) is 0 Å².